The Morgan fingerprint density at radius 2 is 1.14 bits per heavy atom. The van der Waals surface area contributed by atoms with Crippen LogP contribution in [0.4, 0.5) is 0 Å². The number of rotatable bonds is 6. The summed E-state index contributed by atoms with van der Waals surface area (Å²) in [5.74, 6) is 2.92. The van der Waals surface area contributed by atoms with E-state index in [2.05, 4.69) is 55.4 Å². The van der Waals surface area contributed by atoms with Crippen molar-refractivity contribution in [2.75, 3.05) is 39.7 Å². The van der Waals surface area contributed by atoms with E-state index in [-0.39, 0.29) is 49.5 Å². The minimum atomic E-state index is -1.03. The first kappa shape index (κ1) is 42.7. The fourth-order valence-corrected chi connectivity index (χ4v) is 7.41. The fraction of sp³-hybridized carbons (Fsp3) is 0.238. The topological polar surface area (TPSA) is 167 Å². The minimum Gasteiger partial charge on any atom is -1.00 e. The van der Waals surface area contributed by atoms with E-state index >= 15 is 0 Å². The molecule has 0 saturated heterocycles. The molecule has 4 aromatic carbocycles. The summed E-state index contributed by atoms with van der Waals surface area (Å²) in [5, 5.41) is 30.6. The maximum absolute atomic E-state index is 11.0. The molecule has 0 radical (unpaired) electrons. The van der Waals surface area contributed by atoms with E-state index in [0.717, 1.165) is 93.0 Å². The van der Waals surface area contributed by atoms with Crippen molar-refractivity contribution in [2.24, 2.45) is 0 Å². The summed E-state index contributed by atoms with van der Waals surface area (Å²) in [4.78, 5) is 20.3. The number of alkyl halides is 1. The van der Waals surface area contributed by atoms with Crippen molar-refractivity contribution >= 4 is 49.4 Å². The summed E-state index contributed by atoms with van der Waals surface area (Å²) in [7, 11) is 3.10. The molecule has 0 spiro atoms. The van der Waals surface area contributed by atoms with Gasteiger partial charge in [0.05, 0.1) is 36.1 Å². The third-order valence-electron chi connectivity index (χ3n) is 10.1. The number of aromatic hydroxyl groups is 1. The van der Waals surface area contributed by atoms with E-state index in [1.807, 2.05) is 30.6 Å². The highest BCUT2D eigenvalue weighted by molar-refractivity contribution is 9.09. The molecule has 17 heteroatoms. The van der Waals surface area contributed by atoms with Crippen molar-refractivity contribution in [1.29, 1.82) is 0 Å². The van der Waals surface area contributed by atoms with E-state index in [0.29, 0.717) is 17.2 Å². The number of ether oxygens (including phenoxy) is 7. The Hall–Kier alpha value is -5.90. The molecule has 2 aromatic heterocycles. The molecule has 0 bridgehead atoms. The van der Waals surface area contributed by atoms with E-state index in [1.54, 1.807) is 26.4 Å². The summed E-state index contributed by atoms with van der Waals surface area (Å²) in [6.45, 7) is 1.76. The van der Waals surface area contributed by atoms with Gasteiger partial charge in [-0.2, -0.15) is 9.13 Å². The maximum atomic E-state index is 11.0. The number of benzene rings is 4. The lowest BCUT2D eigenvalue weighted by Crippen LogP contribution is -3.00. The smallest absolute Gasteiger partial charge is 0.341 e. The van der Waals surface area contributed by atoms with Crippen LogP contribution in [-0.2, 0) is 35.5 Å². The monoisotopic (exact) mass is 910 g/mol. The van der Waals surface area contributed by atoms with Crippen molar-refractivity contribution in [3.63, 3.8) is 0 Å². The van der Waals surface area contributed by atoms with Crippen LogP contribution in [0.5, 0.6) is 46.0 Å². The van der Waals surface area contributed by atoms with Gasteiger partial charge < -0.3 is 73.3 Å². The molecule has 0 fully saturated rings. The molecule has 3 N–H and O–H groups in total. The maximum Gasteiger partial charge on any atom is 0.341 e. The number of nitrogens with zero attached hydrogens (tertiary/aromatic N) is 2. The number of phenols is 1. The van der Waals surface area contributed by atoms with E-state index in [9.17, 15) is 14.7 Å². The first-order valence-electron chi connectivity index (χ1n) is 17.9. The van der Waals surface area contributed by atoms with Gasteiger partial charge in [0.15, 0.2) is 78.1 Å². The van der Waals surface area contributed by atoms with E-state index in [4.69, 9.17) is 43.4 Å². The van der Waals surface area contributed by atoms with Crippen LogP contribution in [-0.4, -0.2) is 67.0 Å². The zero-order valence-electron chi connectivity index (χ0n) is 31.6. The van der Waals surface area contributed by atoms with Crippen LogP contribution >= 0.6 is 15.9 Å². The van der Waals surface area contributed by atoms with Gasteiger partial charge in [0.1, 0.15) is 5.33 Å². The average molecular weight is 913 g/mol. The number of phenolic OH excluding ortho intramolecular Hbond substituents is 1. The number of pyridine rings is 2. The number of carboxylic acids is 2. The Bertz CT molecular complexity index is 2610. The number of aryl methyl sites for hydroxylation is 4. The minimum absolute atomic E-state index is 0. The van der Waals surface area contributed by atoms with Crippen LogP contribution in [0.3, 0.4) is 0 Å². The number of hydrogen-bond acceptors (Lipinski definition) is 10. The zero-order valence-corrected chi connectivity index (χ0v) is 34.7. The second-order valence-electron chi connectivity index (χ2n) is 13.4. The van der Waals surface area contributed by atoms with Gasteiger partial charge in [-0.15, -0.1) is 0 Å². The summed E-state index contributed by atoms with van der Waals surface area (Å²) in [6.07, 6.45) is 5.78. The van der Waals surface area contributed by atoms with Crippen molar-refractivity contribution in [1.82, 2.24) is 0 Å². The molecular formula is C42H37BrCl2N2O12. The van der Waals surface area contributed by atoms with Crippen molar-refractivity contribution in [2.45, 2.75) is 25.9 Å². The number of methoxy groups -OCH3 is 2. The molecular weight excluding hydrogens is 875 g/mol. The predicted molar refractivity (Wildman–Crippen MR) is 208 cm³/mol. The van der Waals surface area contributed by atoms with Crippen LogP contribution in [0.2, 0.25) is 0 Å². The SMILES string of the molecule is COc1ccc2cc3[n+](cc2c1O)CCc1cc2c(cc1-3)OCO2.COc1ccc2cc3[n+](cc2c1OCC(=O)O)CCc1cc2c(cc1-3)OCO2.O=C(O)CBr.[Cl-].[Cl-]. The number of fused-ring (bicyclic) bond motifs is 10. The van der Waals surface area contributed by atoms with Crippen LogP contribution in [0.25, 0.3) is 44.1 Å². The van der Waals surface area contributed by atoms with E-state index < -0.39 is 18.5 Å². The van der Waals surface area contributed by atoms with Crippen LogP contribution in [0.1, 0.15) is 11.1 Å². The third kappa shape index (κ3) is 8.36. The van der Waals surface area contributed by atoms with Crippen molar-refractivity contribution in [3.05, 3.63) is 84.2 Å². The molecule has 308 valence electrons. The Balaban J connectivity index is 0.000000174. The van der Waals surface area contributed by atoms with Gasteiger partial charge in [0.2, 0.25) is 25.0 Å². The first-order valence-corrected chi connectivity index (χ1v) is 19.0. The largest absolute Gasteiger partial charge is 1.00 e. The molecule has 0 atom stereocenters. The molecule has 59 heavy (non-hydrogen) atoms. The Labute approximate surface area is 358 Å². The standard InChI is InChI=1S/C21H17NO6.C19H15NO4.C2H3BrO2.2ClH/c1-25-17-3-2-12-6-16-14-8-19-18(27-11-28-19)7-13(14)4-5-22(16)9-15(12)21(17)26-10-20(23)24;1-22-16-3-2-11-6-15-13-8-18-17(23-10-24-18)7-12(13)4-5-20(15)9-14(11)19(16)21;3-1-2(4)5;;/h2-3,6-9H,4-5,10-11H2,1H3;2-3,6-9H,4-5,10H2,1H3;1H2,(H,4,5);2*1H. The highest BCUT2D eigenvalue weighted by atomic mass is 79.9. The Morgan fingerprint density at radius 3 is 1.61 bits per heavy atom. The number of aromatic nitrogens is 2. The lowest BCUT2D eigenvalue weighted by Gasteiger charge is -2.17. The number of carbonyl (C=O) groups is 2. The molecule has 0 aliphatic carbocycles. The van der Waals surface area contributed by atoms with Crippen molar-refractivity contribution < 1.29 is 92.0 Å². The molecule has 4 aliphatic heterocycles. The lowest BCUT2D eigenvalue weighted by atomic mass is 9.95. The average Bonchev–Trinajstić information content (AvgIpc) is 3.89. The normalized spacial score (nSPS) is 13.0. The van der Waals surface area contributed by atoms with Gasteiger partial charge in [0, 0.05) is 25.0 Å². The van der Waals surface area contributed by atoms with Gasteiger partial charge >= 0.3 is 11.9 Å². The zero-order chi connectivity index (χ0) is 39.8. The second-order valence-corrected chi connectivity index (χ2v) is 13.9. The van der Waals surface area contributed by atoms with Gasteiger partial charge in [-0.05, 0) is 70.4 Å². The summed E-state index contributed by atoms with van der Waals surface area (Å²) in [6, 6.07) is 19.9. The molecule has 0 amide bonds. The fourth-order valence-electron chi connectivity index (χ4n) is 7.41. The molecule has 6 aromatic rings. The summed E-state index contributed by atoms with van der Waals surface area (Å²) in [5.41, 5.74) is 6.94. The highest BCUT2D eigenvalue weighted by Crippen LogP contribution is 2.43. The predicted octanol–water partition coefficient (Wildman–Crippen LogP) is -0.182. The number of aliphatic carboxylic acids is 2. The molecule has 4 aliphatic rings. The third-order valence-corrected chi connectivity index (χ3v) is 10.5. The molecule has 0 saturated carbocycles. The molecule has 6 heterocycles. The number of halogens is 3. The molecule has 0 unspecified atom stereocenters. The Morgan fingerprint density at radius 1 is 0.678 bits per heavy atom. The first-order chi connectivity index (χ1) is 27.6. The molecule has 10 rings (SSSR count). The lowest BCUT2D eigenvalue weighted by molar-refractivity contribution is -0.686. The van der Waals surface area contributed by atoms with Crippen molar-refractivity contribution in [3.8, 4) is 68.5 Å². The number of carboxylic acid groups (broad SMARTS) is 2. The quantitative estimate of drug-likeness (QED) is 0.149. The number of hydrogen-bond donors (Lipinski definition) is 3. The van der Waals surface area contributed by atoms with Crippen LogP contribution < -0.4 is 67.1 Å². The van der Waals surface area contributed by atoms with Gasteiger partial charge in [-0.25, -0.2) is 4.79 Å². The van der Waals surface area contributed by atoms with Crippen LogP contribution in [0, 0.1) is 0 Å². The van der Waals surface area contributed by atoms with Crippen LogP contribution in [0.15, 0.2) is 73.1 Å². The molecule has 14 nitrogen and oxygen atoms in total. The second kappa shape index (κ2) is 17.9. The Kier molecular flexibility index (Phi) is 13.0. The van der Waals surface area contributed by atoms with Gasteiger partial charge in [-0.1, -0.05) is 15.9 Å². The highest BCUT2D eigenvalue weighted by Gasteiger charge is 2.30. The van der Waals surface area contributed by atoms with Gasteiger partial charge in [0.25, 0.3) is 0 Å². The summed E-state index contributed by atoms with van der Waals surface area (Å²) < 4.78 is 42.5. The van der Waals surface area contributed by atoms with Gasteiger partial charge in [-0.3, -0.25) is 4.79 Å². The van der Waals surface area contributed by atoms with E-state index in [1.165, 1.54) is 11.1 Å². The summed E-state index contributed by atoms with van der Waals surface area (Å²) >= 11 is 2.71.